The van der Waals surface area contributed by atoms with Crippen molar-refractivity contribution in [1.29, 1.82) is 0 Å². The Bertz CT molecular complexity index is 914. The number of amides is 1. The molecule has 2 aromatic carbocycles. The van der Waals surface area contributed by atoms with Gasteiger partial charge in [0.25, 0.3) is 5.91 Å². The molecular formula is C21H27N3O3S. The van der Waals surface area contributed by atoms with E-state index in [1.165, 1.54) is 9.87 Å². The van der Waals surface area contributed by atoms with Crippen LogP contribution in [0.15, 0.2) is 54.6 Å². The Kier molecular flexibility index (Phi) is 6.36. The van der Waals surface area contributed by atoms with Crippen LogP contribution in [0.4, 0.5) is 5.69 Å². The number of nitrogens with zero attached hydrogens (tertiary/aromatic N) is 2. The third-order valence-corrected chi connectivity index (χ3v) is 6.91. The van der Waals surface area contributed by atoms with Gasteiger partial charge in [-0.3, -0.25) is 9.10 Å². The fourth-order valence-corrected chi connectivity index (χ4v) is 4.92. The van der Waals surface area contributed by atoms with Gasteiger partial charge >= 0.3 is 0 Å². The highest BCUT2D eigenvalue weighted by Crippen LogP contribution is 2.24. The zero-order chi connectivity index (χ0) is 20.1. The first-order chi connectivity index (χ1) is 13.4. The van der Waals surface area contributed by atoms with Crippen LogP contribution in [-0.2, 0) is 16.4 Å². The summed E-state index contributed by atoms with van der Waals surface area (Å²) >= 11 is 0. The maximum absolute atomic E-state index is 12.7. The minimum Gasteiger partial charge on any atom is -0.350 e. The number of rotatable bonds is 7. The van der Waals surface area contributed by atoms with E-state index in [4.69, 9.17) is 0 Å². The van der Waals surface area contributed by atoms with Gasteiger partial charge in [0.2, 0.25) is 10.0 Å². The van der Waals surface area contributed by atoms with Gasteiger partial charge in [-0.25, -0.2) is 8.42 Å². The number of anilines is 1. The zero-order valence-corrected chi connectivity index (χ0v) is 17.2. The number of nitrogens with one attached hydrogen (secondary N) is 1. The van der Waals surface area contributed by atoms with Gasteiger partial charge in [-0.15, -0.1) is 0 Å². The lowest BCUT2D eigenvalue weighted by Gasteiger charge is -2.25. The fourth-order valence-electron chi connectivity index (χ4n) is 3.37. The summed E-state index contributed by atoms with van der Waals surface area (Å²) in [5.41, 5.74) is 2.24. The third-order valence-electron chi connectivity index (χ3n) is 5.04. The Labute approximate surface area is 167 Å². The van der Waals surface area contributed by atoms with Crippen LogP contribution in [0.2, 0.25) is 0 Å². The largest absolute Gasteiger partial charge is 0.350 e. The Morgan fingerprint density at radius 2 is 1.89 bits per heavy atom. The van der Waals surface area contributed by atoms with Gasteiger partial charge in [0, 0.05) is 24.7 Å². The molecule has 0 aromatic heterocycles. The van der Waals surface area contributed by atoms with E-state index in [2.05, 4.69) is 22.3 Å². The maximum atomic E-state index is 12.7. The average Bonchev–Trinajstić information content (AvgIpc) is 3.04. The molecule has 1 saturated heterocycles. The molecule has 2 aromatic rings. The second-order valence-electron chi connectivity index (χ2n) is 7.31. The number of carbonyl (C=O) groups is 1. The topological polar surface area (TPSA) is 69.7 Å². The van der Waals surface area contributed by atoms with E-state index in [9.17, 15) is 13.2 Å². The summed E-state index contributed by atoms with van der Waals surface area (Å²) in [6.07, 6.45) is 1.45. The van der Waals surface area contributed by atoms with Gasteiger partial charge in [-0.2, -0.15) is 0 Å². The number of likely N-dealkylation sites (N-methyl/N-ethyl adjacent to an activating group) is 1. The van der Waals surface area contributed by atoms with Crippen LogP contribution in [0.3, 0.4) is 0 Å². The van der Waals surface area contributed by atoms with Crippen molar-refractivity contribution in [1.82, 2.24) is 10.2 Å². The predicted octanol–water partition coefficient (Wildman–Crippen LogP) is 2.13. The molecule has 1 atom stereocenters. The van der Waals surface area contributed by atoms with Crippen LogP contribution in [0.5, 0.6) is 0 Å². The van der Waals surface area contributed by atoms with Gasteiger partial charge in [0.15, 0.2) is 0 Å². The number of hydrogen-bond acceptors (Lipinski definition) is 4. The molecule has 0 radical (unpaired) electrons. The third kappa shape index (κ3) is 4.91. The first-order valence-corrected chi connectivity index (χ1v) is 11.1. The van der Waals surface area contributed by atoms with E-state index < -0.39 is 10.0 Å². The molecule has 1 amide bonds. The molecule has 1 aliphatic rings. The first kappa shape index (κ1) is 20.4. The van der Waals surface area contributed by atoms with Crippen molar-refractivity contribution >= 4 is 21.6 Å². The molecule has 7 heteroatoms. The van der Waals surface area contributed by atoms with Crippen molar-refractivity contribution < 1.29 is 13.2 Å². The minimum atomic E-state index is -3.26. The molecule has 0 spiro atoms. The van der Waals surface area contributed by atoms with Crippen molar-refractivity contribution in [3.63, 3.8) is 0 Å². The normalized spacial score (nSPS) is 16.9. The van der Waals surface area contributed by atoms with Crippen molar-refractivity contribution in [2.24, 2.45) is 0 Å². The van der Waals surface area contributed by atoms with Crippen molar-refractivity contribution in [2.45, 2.75) is 18.9 Å². The lowest BCUT2D eigenvalue weighted by atomic mass is 10.0. The molecule has 0 bridgehead atoms. The van der Waals surface area contributed by atoms with Crippen molar-refractivity contribution in [2.75, 3.05) is 37.2 Å². The monoisotopic (exact) mass is 401 g/mol. The summed E-state index contributed by atoms with van der Waals surface area (Å²) in [6, 6.07) is 17.2. The average molecular weight is 402 g/mol. The molecule has 28 heavy (non-hydrogen) atoms. The van der Waals surface area contributed by atoms with E-state index >= 15 is 0 Å². The summed E-state index contributed by atoms with van der Waals surface area (Å²) < 4.78 is 25.6. The SMILES string of the molecule is CN(C)C(CNC(=O)c1cccc(N2CCCS2(=O)=O)c1)Cc1ccccc1. The maximum Gasteiger partial charge on any atom is 0.251 e. The molecule has 1 fully saturated rings. The Balaban J connectivity index is 1.66. The molecule has 6 nitrogen and oxygen atoms in total. The van der Waals surface area contributed by atoms with Crippen molar-refractivity contribution in [3.8, 4) is 0 Å². The van der Waals surface area contributed by atoms with Crippen molar-refractivity contribution in [3.05, 3.63) is 65.7 Å². The Morgan fingerprint density at radius 3 is 2.54 bits per heavy atom. The lowest BCUT2D eigenvalue weighted by Crippen LogP contribution is -2.41. The summed E-state index contributed by atoms with van der Waals surface area (Å²) in [4.78, 5) is 14.8. The van der Waals surface area contributed by atoms with Gasteiger partial charge in [0.05, 0.1) is 11.4 Å². The highest BCUT2D eigenvalue weighted by atomic mass is 32.2. The highest BCUT2D eigenvalue weighted by molar-refractivity contribution is 7.93. The van der Waals surface area contributed by atoms with Gasteiger partial charge in [0.1, 0.15) is 0 Å². The second kappa shape index (κ2) is 8.75. The lowest BCUT2D eigenvalue weighted by molar-refractivity contribution is 0.0941. The summed E-state index contributed by atoms with van der Waals surface area (Å²) in [7, 11) is 0.738. The van der Waals surface area contributed by atoms with Crippen LogP contribution in [-0.4, -0.2) is 58.2 Å². The van der Waals surface area contributed by atoms with Gasteiger partial charge in [-0.1, -0.05) is 36.4 Å². The zero-order valence-electron chi connectivity index (χ0n) is 16.3. The number of sulfonamides is 1. The standard InChI is InChI=1S/C21H27N3O3S/c1-23(2)20(14-17-8-4-3-5-9-17)16-22-21(25)18-10-6-11-19(15-18)24-12-7-13-28(24,26)27/h3-6,8-11,15,20H,7,12-14,16H2,1-2H3,(H,22,25). The molecule has 1 N–H and O–H groups in total. The predicted molar refractivity (Wildman–Crippen MR) is 112 cm³/mol. The number of hydrogen-bond donors (Lipinski definition) is 1. The Hall–Kier alpha value is -2.38. The minimum absolute atomic E-state index is 0.160. The first-order valence-electron chi connectivity index (χ1n) is 9.46. The molecule has 3 rings (SSSR count). The smallest absolute Gasteiger partial charge is 0.251 e. The highest BCUT2D eigenvalue weighted by Gasteiger charge is 2.28. The second-order valence-corrected chi connectivity index (χ2v) is 9.32. The van der Waals surface area contributed by atoms with Crippen LogP contribution in [0, 0.1) is 0 Å². The van der Waals surface area contributed by atoms with Gasteiger partial charge in [-0.05, 0) is 50.7 Å². The number of benzene rings is 2. The molecular weight excluding hydrogens is 374 g/mol. The molecule has 1 aliphatic heterocycles. The number of carbonyl (C=O) groups excluding carboxylic acids is 1. The molecule has 1 unspecified atom stereocenters. The molecule has 0 saturated carbocycles. The molecule has 0 aliphatic carbocycles. The molecule has 1 heterocycles. The van der Waals surface area contributed by atoms with E-state index in [1.54, 1.807) is 24.3 Å². The van der Waals surface area contributed by atoms with E-state index in [1.807, 2.05) is 32.3 Å². The van der Waals surface area contributed by atoms with Crippen LogP contribution in [0.25, 0.3) is 0 Å². The Morgan fingerprint density at radius 1 is 1.14 bits per heavy atom. The van der Waals surface area contributed by atoms with Crippen LogP contribution >= 0.6 is 0 Å². The van der Waals surface area contributed by atoms with E-state index in [0.29, 0.717) is 30.8 Å². The van der Waals surface area contributed by atoms with E-state index in [-0.39, 0.29) is 17.7 Å². The fraction of sp³-hybridized carbons (Fsp3) is 0.381. The van der Waals surface area contributed by atoms with E-state index in [0.717, 1.165) is 6.42 Å². The summed E-state index contributed by atoms with van der Waals surface area (Å²) in [6.45, 7) is 0.972. The van der Waals surface area contributed by atoms with Gasteiger partial charge < -0.3 is 10.2 Å². The van der Waals surface area contributed by atoms with Crippen LogP contribution in [0.1, 0.15) is 22.3 Å². The van der Waals surface area contributed by atoms with Crippen LogP contribution < -0.4 is 9.62 Å². The summed E-state index contributed by atoms with van der Waals surface area (Å²) in [5.74, 6) is -0.0358. The quantitative estimate of drug-likeness (QED) is 0.772. The summed E-state index contributed by atoms with van der Waals surface area (Å²) in [5, 5.41) is 2.99. The molecule has 150 valence electrons.